The molecule has 3 N–H and O–H groups in total. The van der Waals surface area contributed by atoms with Crippen molar-refractivity contribution in [3.05, 3.63) is 36.0 Å². The third-order valence-electron chi connectivity index (χ3n) is 6.04. The van der Waals surface area contributed by atoms with Crippen molar-refractivity contribution in [2.45, 2.75) is 32.9 Å². The molecule has 0 saturated carbocycles. The molecule has 170 valence electrons. The Kier molecular flexibility index (Phi) is 5.88. The second-order valence-electron chi connectivity index (χ2n) is 8.66. The van der Waals surface area contributed by atoms with E-state index >= 15 is 0 Å². The maximum atomic E-state index is 13.8. The van der Waals surface area contributed by atoms with Gasteiger partial charge >= 0.3 is 6.18 Å². The first-order chi connectivity index (χ1) is 14.8. The Bertz CT molecular complexity index is 1060. The van der Waals surface area contributed by atoms with E-state index in [1.54, 1.807) is 18.3 Å². The number of fused-ring (bicyclic) bond motifs is 1. The summed E-state index contributed by atoms with van der Waals surface area (Å²) in [6, 6.07) is 5.96. The van der Waals surface area contributed by atoms with E-state index in [0.29, 0.717) is 41.1 Å². The molecular formula is C22H31F3N6. The normalized spacial score (nSPS) is 20.0. The predicted molar refractivity (Wildman–Crippen MR) is 119 cm³/mol. The third-order valence-corrected chi connectivity index (χ3v) is 6.04. The van der Waals surface area contributed by atoms with Crippen LogP contribution < -0.4 is 10.6 Å². The maximum Gasteiger partial charge on any atom is 0.418 e. The number of piperidine rings is 1. The molecule has 0 aromatic carbocycles. The summed E-state index contributed by atoms with van der Waals surface area (Å²) in [6.07, 6.45) is -1.04. The molecule has 4 rings (SSSR count). The number of nitrogens with zero attached hydrogens (tertiary/aromatic N) is 4. The van der Waals surface area contributed by atoms with Gasteiger partial charge in [-0.15, -0.1) is 0 Å². The molecule has 1 aliphatic heterocycles. The Morgan fingerprint density at radius 3 is 2.77 bits per heavy atom. The lowest BCUT2D eigenvalue weighted by atomic mass is 9.80. The Labute approximate surface area is 182 Å². The second-order valence-corrected chi connectivity index (χ2v) is 8.66. The highest BCUT2D eigenvalue weighted by atomic mass is 19.4. The van der Waals surface area contributed by atoms with E-state index in [-0.39, 0.29) is 14.2 Å². The molecule has 3 aromatic heterocycles. The number of hydrogen-bond donors (Lipinski definition) is 2. The summed E-state index contributed by atoms with van der Waals surface area (Å²) >= 11 is 0. The molecule has 1 fully saturated rings. The first-order valence-corrected chi connectivity index (χ1v) is 10.6. The standard InChI is InChI=1S/C22H27F3N6.2H2/c1-13(2)10-15-12-31(9-7-14(15)11-26)18-6-5-17(22(23,24)25)20(28-18)19-16-4-3-8-27-21(16)30-29-19;;/h3-6,8,13-15H,7,9-12,26H2,1-2H3,(H,27,29,30);2*1H. The van der Waals surface area contributed by atoms with Crippen LogP contribution in [-0.4, -0.2) is 39.8 Å². The van der Waals surface area contributed by atoms with Crippen LogP contribution in [0.4, 0.5) is 19.0 Å². The summed E-state index contributed by atoms with van der Waals surface area (Å²) in [5.41, 5.74) is 5.63. The molecule has 0 spiro atoms. The molecule has 2 atom stereocenters. The number of nitrogens with one attached hydrogen (secondary N) is 1. The van der Waals surface area contributed by atoms with Crippen molar-refractivity contribution >= 4 is 16.9 Å². The van der Waals surface area contributed by atoms with E-state index in [2.05, 4.69) is 38.9 Å². The minimum Gasteiger partial charge on any atom is -0.356 e. The lowest BCUT2D eigenvalue weighted by molar-refractivity contribution is -0.137. The number of pyridine rings is 2. The van der Waals surface area contributed by atoms with Gasteiger partial charge in [0.1, 0.15) is 11.5 Å². The molecule has 4 heterocycles. The summed E-state index contributed by atoms with van der Waals surface area (Å²) in [6.45, 7) is 6.45. The van der Waals surface area contributed by atoms with Crippen molar-refractivity contribution in [3.63, 3.8) is 0 Å². The smallest absolute Gasteiger partial charge is 0.356 e. The van der Waals surface area contributed by atoms with Gasteiger partial charge in [0.2, 0.25) is 0 Å². The highest BCUT2D eigenvalue weighted by Gasteiger charge is 2.37. The summed E-state index contributed by atoms with van der Waals surface area (Å²) in [5.74, 6) is 1.89. The number of aromatic amines is 1. The van der Waals surface area contributed by atoms with E-state index < -0.39 is 11.7 Å². The van der Waals surface area contributed by atoms with Gasteiger partial charge in [-0.05, 0) is 61.4 Å². The van der Waals surface area contributed by atoms with Crippen LogP contribution in [0.3, 0.4) is 0 Å². The van der Waals surface area contributed by atoms with Crippen molar-refractivity contribution in [1.82, 2.24) is 20.2 Å². The molecule has 31 heavy (non-hydrogen) atoms. The Balaban J connectivity index is 0.00000193. The van der Waals surface area contributed by atoms with Crippen molar-refractivity contribution in [3.8, 4) is 11.4 Å². The number of anilines is 1. The quantitative estimate of drug-likeness (QED) is 0.589. The molecule has 0 amide bonds. The van der Waals surface area contributed by atoms with Crippen molar-refractivity contribution in [1.29, 1.82) is 0 Å². The van der Waals surface area contributed by atoms with Gasteiger partial charge in [-0.25, -0.2) is 9.97 Å². The fourth-order valence-electron chi connectivity index (χ4n) is 4.55. The van der Waals surface area contributed by atoms with Gasteiger partial charge < -0.3 is 10.6 Å². The lowest BCUT2D eigenvalue weighted by Crippen LogP contribution is -2.43. The van der Waals surface area contributed by atoms with E-state index in [0.717, 1.165) is 32.0 Å². The fourth-order valence-corrected chi connectivity index (χ4v) is 4.55. The molecule has 1 aliphatic rings. The lowest BCUT2D eigenvalue weighted by Gasteiger charge is -2.39. The number of hydrogen-bond acceptors (Lipinski definition) is 5. The minimum absolute atomic E-state index is 0. The molecule has 0 radical (unpaired) electrons. The second kappa shape index (κ2) is 8.45. The van der Waals surface area contributed by atoms with Crippen LogP contribution in [0.5, 0.6) is 0 Å². The summed E-state index contributed by atoms with van der Waals surface area (Å²) < 4.78 is 41.4. The van der Waals surface area contributed by atoms with Gasteiger partial charge in [-0.3, -0.25) is 5.10 Å². The van der Waals surface area contributed by atoms with Gasteiger partial charge in [-0.2, -0.15) is 18.3 Å². The van der Waals surface area contributed by atoms with Crippen LogP contribution in [0.2, 0.25) is 0 Å². The van der Waals surface area contributed by atoms with Crippen molar-refractivity contribution < 1.29 is 16.0 Å². The zero-order chi connectivity index (χ0) is 22.2. The van der Waals surface area contributed by atoms with Gasteiger partial charge in [0.25, 0.3) is 0 Å². The van der Waals surface area contributed by atoms with Gasteiger partial charge in [-0.1, -0.05) is 13.8 Å². The number of rotatable bonds is 5. The fraction of sp³-hybridized carbons (Fsp3) is 0.500. The molecule has 3 aromatic rings. The number of H-pyrrole nitrogens is 1. The molecule has 6 nitrogen and oxygen atoms in total. The molecule has 1 saturated heterocycles. The first-order valence-electron chi connectivity index (χ1n) is 10.6. The van der Waals surface area contributed by atoms with E-state index in [1.807, 2.05) is 0 Å². The summed E-state index contributed by atoms with van der Waals surface area (Å²) in [7, 11) is 0. The highest BCUT2D eigenvalue weighted by molar-refractivity contribution is 5.90. The Morgan fingerprint density at radius 1 is 1.26 bits per heavy atom. The van der Waals surface area contributed by atoms with Gasteiger partial charge in [0, 0.05) is 27.5 Å². The molecule has 0 aliphatic carbocycles. The largest absolute Gasteiger partial charge is 0.418 e. The van der Waals surface area contributed by atoms with Crippen LogP contribution in [0, 0.1) is 17.8 Å². The van der Waals surface area contributed by atoms with Gasteiger partial charge in [0.05, 0.1) is 11.3 Å². The molecule has 2 unspecified atom stereocenters. The highest BCUT2D eigenvalue weighted by Crippen LogP contribution is 2.39. The van der Waals surface area contributed by atoms with Crippen LogP contribution in [0.15, 0.2) is 30.5 Å². The molecule has 9 heteroatoms. The average molecular weight is 437 g/mol. The monoisotopic (exact) mass is 436 g/mol. The first kappa shape index (κ1) is 21.5. The molecule has 0 bridgehead atoms. The predicted octanol–water partition coefficient (Wildman–Crippen LogP) is 4.98. The summed E-state index contributed by atoms with van der Waals surface area (Å²) in [5, 5.41) is 7.28. The number of nitrogens with two attached hydrogens (primary N) is 1. The number of halogens is 3. The maximum absolute atomic E-state index is 13.8. The average Bonchev–Trinajstić information content (AvgIpc) is 3.16. The zero-order valence-electron chi connectivity index (χ0n) is 17.7. The minimum atomic E-state index is -4.53. The zero-order valence-corrected chi connectivity index (χ0v) is 17.7. The van der Waals surface area contributed by atoms with Gasteiger partial charge in [0.15, 0.2) is 5.65 Å². The van der Waals surface area contributed by atoms with Crippen LogP contribution >= 0.6 is 0 Å². The van der Waals surface area contributed by atoms with Crippen LogP contribution in [-0.2, 0) is 6.18 Å². The summed E-state index contributed by atoms with van der Waals surface area (Å²) in [4.78, 5) is 10.7. The SMILES string of the molecule is CC(C)CC1CN(c2ccc(C(F)(F)F)c(-c3[nH]nc4ncccc34)n2)CCC1CN.[HH].[HH]. The van der Waals surface area contributed by atoms with Crippen LogP contribution in [0.25, 0.3) is 22.4 Å². The van der Waals surface area contributed by atoms with Crippen molar-refractivity contribution in [2.24, 2.45) is 23.5 Å². The third kappa shape index (κ3) is 4.37. The van der Waals surface area contributed by atoms with Crippen molar-refractivity contribution in [2.75, 3.05) is 24.5 Å². The van der Waals surface area contributed by atoms with E-state index in [9.17, 15) is 13.2 Å². The van der Waals surface area contributed by atoms with E-state index in [4.69, 9.17) is 5.73 Å². The Morgan fingerprint density at radius 2 is 2.06 bits per heavy atom. The van der Waals surface area contributed by atoms with Crippen LogP contribution in [0.1, 0.15) is 35.1 Å². The number of aromatic nitrogens is 4. The Hall–Kier alpha value is -2.68. The number of alkyl halides is 3. The van der Waals surface area contributed by atoms with E-state index in [1.165, 1.54) is 6.07 Å². The topological polar surface area (TPSA) is 83.7 Å². The molecular weight excluding hydrogens is 405 g/mol.